The summed E-state index contributed by atoms with van der Waals surface area (Å²) in [6, 6.07) is 1.79. The van der Waals surface area contributed by atoms with E-state index in [0.29, 0.717) is 18.0 Å². The van der Waals surface area contributed by atoms with Crippen LogP contribution in [0.5, 0.6) is 5.75 Å². The van der Waals surface area contributed by atoms with Crippen LogP contribution in [0.15, 0.2) is 11.4 Å². The average molecular weight is 348 g/mol. The summed E-state index contributed by atoms with van der Waals surface area (Å²) in [5, 5.41) is 2.58. The van der Waals surface area contributed by atoms with Crippen molar-refractivity contribution in [2.24, 2.45) is 0 Å². The molecule has 0 bridgehead atoms. The second-order valence-corrected chi connectivity index (χ2v) is 6.75. The molecule has 1 atom stereocenters. The van der Waals surface area contributed by atoms with E-state index in [-0.39, 0.29) is 17.6 Å². The Morgan fingerprint density at radius 1 is 1.68 bits per heavy atom. The Labute approximate surface area is 125 Å². The van der Waals surface area contributed by atoms with Crippen molar-refractivity contribution < 1.29 is 14.3 Å². The Morgan fingerprint density at radius 3 is 3.00 bits per heavy atom. The van der Waals surface area contributed by atoms with Crippen LogP contribution >= 0.6 is 27.3 Å². The van der Waals surface area contributed by atoms with Gasteiger partial charge in [0.2, 0.25) is 0 Å². The van der Waals surface area contributed by atoms with Crippen molar-refractivity contribution in [1.82, 2.24) is 4.90 Å². The summed E-state index contributed by atoms with van der Waals surface area (Å²) in [7, 11) is 1.61. The van der Waals surface area contributed by atoms with Gasteiger partial charge >= 0.3 is 0 Å². The molecule has 1 saturated heterocycles. The third-order valence-corrected chi connectivity index (χ3v) is 4.58. The van der Waals surface area contributed by atoms with Gasteiger partial charge in [-0.1, -0.05) is 15.9 Å². The predicted molar refractivity (Wildman–Crippen MR) is 79.5 cm³/mol. The van der Waals surface area contributed by atoms with Crippen molar-refractivity contribution in [3.63, 3.8) is 0 Å². The first-order valence-corrected chi connectivity index (χ1v) is 8.11. The second kappa shape index (κ2) is 5.81. The minimum absolute atomic E-state index is 0.0366. The van der Waals surface area contributed by atoms with Gasteiger partial charge in [-0.3, -0.25) is 4.79 Å². The normalized spacial score (nSPS) is 22.3. The van der Waals surface area contributed by atoms with Crippen molar-refractivity contribution in [2.75, 3.05) is 25.5 Å². The standard InChI is InChI=1S/C13H18BrNO3S/c1-13(2)8-15(6-10(5-14)18-13)12(16)11-4-9(17-3)7-19-11/h4,7,10H,5-6,8H2,1-3H3. The molecule has 2 heterocycles. The number of hydrogen-bond acceptors (Lipinski definition) is 4. The summed E-state index contributed by atoms with van der Waals surface area (Å²) in [5.74, 6) is 0.786. The summed E-state index contributed by atoms with van der Waals surface area (Å²) in [5.41, 5.74) is -0.312. The molecule has 1 aromatic rings. The van der Waals surface area contributed by atoms with E-state index in [1.807, 2.05) is 24.1 Å². The van der Waals surface area contributed by atoms with Gasteiger partial charge in [-0.2, -0.15) is 0 Å². The molecule has 1 amide bonds. The van der Waals surface area contributed by atoms with Crippen LogP contribution in [0.1, 0.15) is 23.5 Å². The van der Waals surface area contributed by atoms with Crippen LogP contribution in [-0.4, -0.2) is 48.0 Å². The molecule has 4 nitrogen and oxygen atoms in total. The van der Waals surface area contributed by atoms with E-state index in [1.165, 1.54) is 11.3 Å². The minimum atomic E-state index is -0.312. The maximum atomic E-state index is 12.5. The lowest BCUT2D eigenvalue weighted by atomic mass is 10.1. The fourth-order valence-electron chi connectivity index (χ4n) is 2.22. The zero-order valence-electron chi connectivity index (χ0n) is 11.3. The average Bonchev–Trinajstić information content (AvgIpc) is 2.84. The largest absolute Gasteiger partial charge is 0.496 e. The van der Waals surface area contributed by atoms with E-state index in [9.17, 15) is 4.79 Å². The highest BCUT2D eigenvalue weighted by molar-refractivity contribution is 9.09. The number of morpholine rings is 1. The summed E-state index contributed by atoms with van der Waals surface area (Å²) in [6.07, 6.45) is 0.0366. The highest BCUT2D eigenvalue weighted by Crippen LogP contribution is 2.27. The molecule has 0 aromatic carbocycles. The number of nitrogens with zero attached hydrogens (tertiary/aromatic N) is 1. The number of rotatable bonds is 3. The van der Waals surface area contributed by atoms with Gasteiger partial charge < -0.3 is 14.4 Å². The van der Waals surface area contributed by atoms with Gasteiger partial charge in [0, 0.05) is 29.9 Å². The van der Waals surface area contributed by atoms with Crippen LogP contribution in [-0.2, 0) is 4.74 Å². The van der Waals surface area contributed by atoms with Crippen LogP contribution in [0.4, 0.5) is 0 Å². The van der Waals surface area contributed by atoms with Crippen molar-refractivity contribution in [1.29, 1.82) is 0 Å². The number of carbonyl (C=O) groups excluding carboxylic acids is 1. The number of carbonyl (C=O) groups is 1. The highest BCUT2D eigenvalue weighted by atomic mass is 79.9. The van der Waals surface area contributed by atoms with Crippen molar-refractivity contribution in [2.45, 2.75) is 25.6 Å². The van der Waals surface area contributed by atoms with E-state index < -0.39 is 0 Å². The lowest BCUT2D eigenvalue weighted by molar-refractivity contribution is -0.116. The molecule has 1 aliphatic rings. The number of amides is 1. The van der Waals surface area contributed by atoms with E-state index in [2.05, 4.69) is 15.9 Å². The van der Waals surface area contributed by atoms with Gasteiger partial charge in [0.1, 0.15) is 5.75 Å². The molecule has 1 unspecified atom stereocenters. The van der Waals surface area contributed by atoms with Crippen molar-refractivity contribution in [3.05, 3.63) is 16.3 Å². The first-order valence-electron chi connectivity index (χ1n) is 6.11. The van der Waals surface area contributed by atoms with Gasteiger partial charge in [-0.25, -0.2) is 0 Å². The molecule has 2 rings (SSSR count). The maximum absolute atomic E-state index is 12.5. The number of thiophene rings is 1. The highest BCUT2D eigenvalue weighted by Gasteiger charge is 2.35. The Bertz CT molecular complexity index is 460. The van der Waals surface area contributed by atoms with Crippen LogP contribution in [0, 0.1) is 0 Å². The smallest absolute Gasteiger partial charge is 0.264 e. The number of hydrogen-bond donors (Lipinski definition) is 0. The number of halogens is 1. The molecule has 0 saturated carbocycles. The molecule has 0 radical (unpaired) electrons. The van der Waals surface area contributed by atoms with Gasteiger partial charge in [-0.05, 0) is 13.8 Å². The summed E-state index contributed by atoms with van der Waals surface area (Å²) < 4.78 is 11.0. The first kappa shape index (κ1) is 14.8. The molecule has 1 aromatic heterocycles. The van der Waals surface area contributed by atoms with Crippen LogP contribution in [0.25, 0.3) is 0 Å². The quantitative estimate of drug-likeness (QED) is 0.789. The number of methoxy groups -OCH3 is 1. The molecule has 0 aliphatic carbocycles. The zero-order chi connectivity index (χ0) is 14.0. The number of alkyl halides is 1. The minimum Gasteiger partial charge on any atom is -0.496 e. The Balaban J connectivity index is 2.13. The van der Waals surface area contributed by atoms with Gasteiger partial charge in [-0.15, -0.1) is 11.3 Å². The molecule has 0 spiro atoms. The van der Waals surface area contributed by atoms with Crippen LogP contribution < -0.4 is 4.74 Å². The van der Waals surface area contributed by atoms with Gasteiger partial charge in [0.25, 0.3) is 5.91 Å². The molecule has 19 heavy (non-hydrogen) atoms. The Hall–Kier alpha value is -0.590. The fourth-order valence-corrected chi connectivity index (χ4v) is 3.38. The van der Waals surface area contributed by atoms with E-state index in [4.69, 9.17) is 9.47 Å². The summed E-state index contributed by atoms with van der Waals surface area (Å²) >= 11 is 4.85. The molecular formula is C13H18BrNO3S. The summed E-state index contributed by atoms with van der Waals surface area (Å²) in [4.78, 5) is 15.1. The fraction of sp³-hybridized carbons (Fsp3) is 0.615. The molecular weight excluding hydrogens is 330 g/mol. The lowest BCUT2D eigenvalue weighted by Crippen LogP contribution is -2.55. The predicted octanol–water partition coefficient (Wildman–Crippen LogP) is 2.77. The van der Waals surface area contributed by atoms with E-state index >= 15 is 0 Å². The second-order valence-electron chi connectivity index (χ2n) is 5.19. The molecule has 1 fully saturated rings. The molecule has 106 valence electrons. The molecule has 6 heteroatoms. The van der Waals surface area contributed by atoms with Crippen LogP contribution in [0.3, 0.4) is 0 Å². The zero-order valence-corrected chi connectivity index (χ0v) is 13.7. The van der Waals surface area contributed by atoms with E-state index in [0.717, 1.165) is 11.1 Å². The SMILES string of the molecule is COc1csc(C(=O)N2CC(CBr)OC(C)(C)C2)c1. The van der Waals surface area contributed by atoms with Gasteiger partial charge in [0.15, 0.2) is 0 Å². The Kier molecular flexibility index (Phi) is 4.53. The van der Waals surface area contributed by atoms with Crippen molar-refractivity contribution in [3.8, 4) is 5.75 Å². The van der Waals surface area contributed by atoms with Crippen molar-refractivity contribution >= 4 is 33.2 Å². The topological polar surface area (TPSA) is 38.8 Å². The Morgan fingerprint density at radius 2 is 2.42 bits per heavy atom. The number of ether oxygens (including phenoxy) is 2. The monoisotopic (exact) mass is 347 g/mol. The lowest BCUT2D eigenvalue weighted by Gasteiger charge is -2.42. The third kappa shape index (κ3) is 3.49. The van der Waals surface area contributed by atoms with Gasteiger partial charge in [0.05, 0.1) is 23.7 Å². The maximum Gasteiger partial charge on any atom is 0.264 e. The summed E-state index contributed by atoms with van der Waals surface area (Å²) in [6.45, 7) is 5.25. The first-order chi connectivity index (χ1) is 8.95. The van der Waals surface area contributed by atoms with E-state index in [1.54, 1.807) is 13.2 Å². The molecule has 1 aliphatic heterocycles. The third-order valence-electron chi connectivity index (χ3n) is 2.96. The van der Waals surface area contributed by atoms with Crippen LogP contribution in [0.2, 0.25) is 0 Å². The molecule has 0 N–H and O–H groups in total.